The van der Waals surface area contributed by atoms with Crippen LogP contribution in [-0.2, 0) is 22.4 Å². The van der Waals surface area contributed by atoms with Gasteiger partial charge >= 0.3 is 5.97 Å². The lowest BCUT2D eigenvalue weighted by atomic mass is 9.99. The van der Waals surface area contributed by atoms with Gasteiger partial charge in [-0.15, -0.1) is 0 Å². The SMILES string of the molecule is COC(=O)CCc1ccc(-c2cccc(CCCCN)c2)cc1. The first kappa shape index (κ1) is 17.2. The average Bonchev–Trinajstić information content (AvgIpc) is 2.60. The van der Waals surface area contributed by atoms with E-state index in [9.17, 15) is 4.79 Å². The number of hydrogen-bond acceptors (Lipinski definition) is 3. The second-order valence-corrected chi connectivity index (χ2v) is 5.72. The van der Waals surface area contributed by atoms with Crippen LogP contribution in [0.3, 0.4) is 0 Å². The highest BCUT2D eigenvalue weighted by atomic mass is 16.5. The topological polar surface area (TPSA) is 52.3 Å². The molecule has 0 amide bonds. The molecule has 122 valence electrons. The fourth-order valence-corrected chi connectivity index (χ4v) is 2.59. The normalized spacial score (nSPS) is 10.5. The van der Waals surface area contributed by atoms with Gasteiger partial charge < -0.3 is 10.5 Å². The summed E-state index contributed by atoms with van der Waals surface area (Å²) < 4.78 is 4.67. The van der Waals surface area contributed by atoms with E-state index in [0.717, 1.165) is 31.4 Å². The summed E-state index contributed by atoms with van der Waals surface area (Å²) >= 11 is 0. The quantitative estimate of drug-likeness (QED) is 0.597. The van der Waals surface area contributed by atoms with Crippen molar-refractivity contribution in [2.24, 2.45) is 5.73 Å². The number of methoxy groups -OCH3 is 1. The second-order valence-electron chi connectivity index (χ2n) is 5.72. The molecule has 0 aliphatic carbocycles. The van der Waals surface area contributed by atoms with E-state index >= 15 is 0 Å². The van der Waals surface area contributed by atoms with Crippen molar-refractivity contribution >= 4 is 5.97 Å². The minimum atomic E-state index is -0.167. The van der Waals surface area contributed by atoms with E-state index in [0.29, 0.717) is 12.8 Å². The van der Waals surface area contributed by atoms with Gasteiger partial charge in [-0.05, 0) is 54.5 Å². The van der Waals surface area contributed by atoms with Crippen LogP contribution < -0.4 is 5.73 Å². The summed E-state index contributed by atoms with van der Waals surface area (Å²) in [6, 6.07) is 17.1. The maximum Gasteiger partial charge on any atom is 0.305 e. The molecule has 0 saturated carbocycles. The van der Waals surface area contributed by atoms with Crippen LogP contribution in [0.5, 0.6) is 0 Å². The fourth-order valence-electron chi connectivity index (χ4n) is 2.59. The summed E-state index contributed by atoms with van der Waals surface area (Å²) in [6.45, 7) is 0.757. The number of rotatable bonds is 8. The predicted octanol–water partition coefficient (Wildman–Crippen LogP) is 3.74. The number of benzene rings is 2. The Balaban J connectivity index is 2.01. The summed E-state index contributed by atoms with van der Waals surface area (Å²) in [6.07, 6.45) is 4.41. The molecular formula is C20H25NO2. The van der Waals surface area contributed by atoms with Crippen molar-refractivity contribution in [1.82, 2.24) is 0 Å². The van der Waals surface area contributed by atoms with Crippen LogP contribution in [-0.4, -0.2) is 19.6 Å². The third-order valence-electron chi connectivity index (χ3n) is 3.98. The Morgan fingerprint density at radius 2 is 1.74 bits per heavy atom. The van der Waals surface area contributed by atoms with Crippen molar-refractivity contribution in [2.45, 2.75) is 32.1 Å². The molecule has 0 unspecified atom stereocenters. The number of unbranched alkanes of at least 4 members (excludes halogenated alkanes) is 1. The monoisotopic (exact) mass is 311 g/mol. The Bertz CT molecular complexity index is 620. The van der Waals surface area contributed by atoms with Crippen LogP contribution >= 0.6 is 0 Å². The number of esters is 1. The molecule has 3 heteroatoms. The van der Waals surface area contributed by atoms with E-state index in [1.165, 1.54) is 23.8 Å². The number of hydrogen-bond donors (Lipinski definition) is 1. The molecule has 0 aliphatic rings. The number of carbonyl (C=O) groups is 1. The second kappa shape index (κ2) is 9.11. The molecule has 0 bridgehead atoms. The molecule has 0 radical (unpaired) electrons. The zero-order valence-electron chi connectivity index (χ0n) is 13.8. The Labute approximate surface area is 138 Å². The number of carbonyl (C=O) groups excluding carboxylic acids is 1. The number of nitrogens with two attached hydrogens (primary N) is 1. The van der Waals surface area contributed by atoms with Crippen molar-refractivity contribution in [1.29, 1.82) is 0 Å². The van der Waals surface area contributed by atoms with Gasteiger partial charge in [0.15, 0.2) is 0 Å². The highest BCUT2D eigenvalue weighted by Crippen LogP contribution is 2.22. The first-order chi connectivity index (χ1) is 11.2. The zero-order valence-corrected chi connectivity index (χ0v) is 13.8. The van der Waals surface area contributed by atoms with Gasteiger partial charge in [-0.2, -0.15) is 0 Å². The summed E-state index contributed by atoms with van der Waals surface area (Å²) in [7, 11) is 1.42. The Kier molecular flexibility index (Phi) is 6.82. The van der Waals surface area contributed by atoms with E-state index < -0.39 is 0 Å². The maximum atomic E-state index is 11.2. The van der Waals surface area contributed by atoms with Gasteiger partial charge in [0.1, 0.15) is 0 Å². The lowest BCUT2D eigenvalue weighted by Gasteiger charge is -2.07. The molecule has 3 nitrogen and oxygen atoms in total. The highest BCUT2D eigenvalue weighted by Gasteiger charge is 2.03. The molecule has 2 rings (SSSR count). The minimum Gasteiger partial charge on any atom is -0.469 e. The predicted molar refractivity (Wildman–Crippen MR) is 94.2 cm³/mol. The van der Waals surface area contributed by atoms with Gasteiger partial charge in [0.25, 0.3) is 0 Å². The first-order valence-corrected chi connectivity index (χ1v) is 8.18. The van der Waals surface area contributed by atoms with Gasteiger partial charge in [0, 0.05) is 6.42 Å². The molecule has 23 heavy (non-hydrogen) atoms. The molecule has 2 aromatic rings. The largest absolute Gasteiger partial charge is 0.469 e. The Hall–Kier alpha value is -2.13. The summed E-state index contributed by atoms with van der Waals surface area (Å²) in [4.78, 5) is 11.2. The molecule has 0 fully saturated rings. The van der Waals surface area contributed by atoms with Crippen LogP contribution in [0.15, 0.2) is 48.5 Å². The fraction of sp³-hybridized carbons (Fsp3) is 0.350. The molecule has 0 aliphatic heterocycles. The third-order valence-corrected chi connectivity index (χ3v) is 3.98. The lowest BCUT2D eigenvalue weighted by molar-refractivity contribution is -0.140. The maximum absolute atomic E-state index is 11.2. The zero-order chi connectivity index (χ0) is 16.5. The molecule has 2 aromatic carbocycles. The van der Waals surface area contributed by atoms with Crippen molar-refractivity contribution in [3.05, 3.63) is 59.7 Å². The average molecular weight is 311 g/mol. The lowest BCUT2D eigenvalue weighted by Crippen LogP contribution is -2.01. The Morgan fingerprint density at radius 1 is 0.957 bits per heavy atom. The summed E-state index contributed by atoms with van der Waals surface area (Å²) in [5.74, 6) is -0.167. The van der Waals surface area contributed by atoms with Gasteiger partial charge in [-0.1, -0.05) is 48.5 Å². The number of ether oxygens (including phenoxy) is 1. The van der Waals surface area contributed by atoms with Crippen LogP contribution in [0, 0.1) is 0 Å². The van der Waals surface area contributed by atoms with Crippen molar-refractivity contribution in [3.63, 3.8) is 0 Å². The van der Waals surface area contributed by atoms with Crippen LogP contribution in [0.2, 0.25) is 0 Å². The van der Waals surface area contributed by atoms with E-state index in [1.807, 2.05) is 0 Å². The van der Waals surface area contributed by atoms with Gasteiger partial charge in [0.2, 0.25) is 0 Å². The third kappa shape index (κ3) is 5.53. The molecule has 0 atom stereocenters. The standard InChI is InChI=1S/C20H25NO2/c1-23-20(22)13-10-16-8-11-18(12-9-16)19-7-4-6-17(15-19)5-2-3-14-21/h4,6-9,11-12,15H,2-3,5,10,13-14,21H2,1H3. The van der Waals surface area contributed by atoms with Gasteiger partial charge in [0.05, 0.1) is 7.11 Å². The van der Waals surface area contributed by atoms with Crippen LogP contribution in [0.4, 0.5) is 0 Å². The van der Waals surface area contributed by atoms with E-state index in [2.05, 4.69) is 53.3 Å². The van der Waals surface area contributed by atoms with Gasteiger partial charge in [-0.3, -0.25) is 4.79 Å². The highest BCUT2D eigenvalue weighted by molar-refractivity contribution is 5.69. The van der Waals surface area contributed by atoms with E-state index in [-0.39, 0.29) is 5.97 Å². The minimum absolute atomic E-state index is 0.167. The van der Waals surface area contributed by atoms with Crippen LogP contribution in [0.25, 0.3) is 11.1 Å². The van der Waals surface area contributed by atoms with Crippen molar-refractivity contribution in [3.8, 4) is 11.1 Å². The molecule has 0 aromatic heterocycles. The van der Waals surface area contributed by atoms with E-state index in [1.54, 1.807) is 0 Å². The smallest absolute Gasteiger partial charge is 0.305 e. The van der Waals surface area contributed by atoms with Crippen molar-refractivity contribution < 1.29 is 9.53 Å². The molecule has 2 N–H and O–H groups in total. The van der Waals surface area contributed by atoms with Crippen LogP contribution in [0.1, 0.15) is 30.4 Å². The Morgan fingerprint density at radius 3 is 2.43 bits per heavy atom. The first-order valence-electron chi connectivity index (χ1n) is 8.18. The van der Waals surface area contributed by atoms with Crippen molar-refractivity contribution in [2.75, 3.05) is 13.7 Å². The van der Waals surface area contributed by atoms with E-state index in [4.69, 9.17) is 5.73 Å². The van der Waals surface area contributed by atoms with Gasteiger partial charge in [-0.25, -0.2) is 0 Å². The number of aryl methyl sites for hydroxylation is 2. The molecular weight excluding hydrogens is 286 g/mol. The molecule has 0 spiro atoms. The summed E-state index contributed by atoms with van der Waals surface area (Å²) in [5, 5.41) is 0. The summed E-state index contributed by atoms with van der Waals surface area (Å²) in [5.41, 5.74) is 10.5. The molecule has 0 saturated heterocycles. The molecule has 0 heterocycles.